The maximum absolute atomic E-state index is 12.8. The standard InChI is InChI=1S/C8H9ClFN3O2S/c9-1-2-12-4-6(14)13(8(12)15)7-11-3-5(10)16-7/h3,6,14H,1-2,4H2. The fourth-order valence-electron chi connectivity index (χ4n) is 1.49. The van der Waals surface area contributed by atoms with Crippen LogP contribution >= 0.6 is 22.9 Å². The van der Waals surface area contributed by atoms with Gasteiger partial charge in [-0.1, -0.05) is 11.3 Å². The number of β-amino-alcohol motifs (C(OH)–C–C–N with tert-alkyl or cyclic N) is 1. The number of thiazole rings is 1. The van der Waals surface area contributed by atoms with Gasteiger partial charge in [-0.25, -0.2) is 14.7 Å². The van der Waals surface area contributed by atoms with E-state index in [0.717, 1.165) is 22.4 Å². The van der Waals surface area contributed by atoms with Crippen LogP contribution in [-0.2, 0) is 0 Å². The summed E-state index contributed by atoms with van der Waals surface area (Å²) in [5, 5.41) is 9.35. The number of anilines is 1. The van der Waals surface area contributed by atoms with Gasteiger partial charge in [-0.3, -0.25) is 0 Å². The number of halogens is 2. The first-order valence-electron chi connectivity index (χ1n) is 4.57. The maximum atomic E-state index is 12.8. The third-order valence-electron chi connectivity index (χ3n) is 2.18. The third-order valence-corrected chi connectivity index (χ3v) is 3.14. The lowest BCUT2D eigenvalue weighted by molar-refractivity contribution is 0.179. The number of amides is 2. The van der Waals surface area contributed by atoms with Crippen LogP contribution in [0.3, 0.4) is 0 Å². The first-order chi connectivity index (χ1) is 7.63. The summed E-state index contributed by atoms with van der Waals surface area (Å²) in [5.74, 6) is 0.290. The zero-order valence-corrected chi connectivity index (χ0v) is 9.71. The molecule has 2 heterocycles. The van der Waals surface area contributed by atoms with Gasteiger partial charge in [0.25, 0.3) is 0 Å². The van der Waals surface area contributed by atoms with E-state index in [1.165, 1.54) is 4.90 Å². The number of urea groups is 1. The molecule has 1 atom stereocenters. The van der Waals surface area contributed by atoms with Crippen LogP contribution in [-0.4, -0.2) is 46.2 Å². The van der Waals surface area contributed by atoms with Gasteiger partial charge in [-0.2, -0.15) is 4.39 Å². The van der Waals surface area contributed by atoms with Crippen molar-refractivity contribution >= 4 is 34.1 Å². The number of aliphatic hydroxyl groups is 1. The Kier molecular flexibility index (Phi) is 3.27. The first-order valence-corrected chi connectivity index (χ1v) is 5.92. The molecule has 2 rings (SSSR count). The van der Waals surface area contributed by atoms with E-state index < -0.39 is 17.4 Å². The van der Waals surface area contributed by atoms with Gasteiger partial charge in [0.2, 0.25) is 0 Å². The lowest BCUT2D eigenvalue weighted by atomic mass is 10.5. The van der Waals surface area contributed by atoms with Gasteiger partial charge < -0.3 is 10.0 Å². The highest BCUT2D eigenvalue weighted by atomic mass is 35.5. The fraction of sp³-hybridized carbons (Fsp3) is 0.500. The average molecular weight is 266 g/mol. The quantitative estimate of drug-likeness (QED) is 0.832. The Morgan fingerprint density at radius 1 is 1.75 bits per heavy atom. The number of rotatable bonds is 3. The molecule has 16 heavy (non-hydrogen) atoms. The van der Waals surface area contributed by atoms with Crippen molar-refractivity contribution in [2.75, 3.05) is 23.9 Å². The van der Waals surface area contributed by atoms with E-state index in [1.807, 2.05) is 0 Å². The van der Waals surface area contributed by atoms with E-state index in [0.29, 0.717) is 12.4 Å². The molecule has 1 aliphatic heterocycles. The second kappa shape index (κ2) is 4.52. The smallest absolute Gasteiger partial charge is 0.328 e. The van der Waals surface area contributed by atoms with Crippen LogP contribution in [0, 0.1) is 5.13 Å². The molecule has 1 N–H and O–H groups in total. The van der Waals surface area contributed by atoms with Crippen molar-refractivity contribution in [1.29, 1.82) is 0 Å². The molecule has 0 bridgehead atoms. The van der Waals surface area contributed by atoms with Crippen molar-refractivity contribution in [3.05, 3.63) is 11.3 Å². The largest absolute Gasteiger partial charge is 0.371 e. The Labute approximate surface area is 100 Å². The molecule has 0 spiro atoms. The minimum absolute atomic E-state index is 0.159. The molecular formula is C8H9ClFN3O2S. The van der Waals surface area contributed by atoms with Gasteiger partial charge in [0, 0.05) is 12.4 Å². The Morgan fingerprint density at radius 2 is 2.50 bits per heavy atom. The summed E-state index contributed by atoms with van der Waals surface area (Å²) in [7, 11) is 0. The summed E-state index contributed by atoms with van der Waals surface area (Å²) >= 11 is 6.25. The monoisotopic (exact) mass is 265 g/mol. The van der Waals surface area contributed by atoms with Crippen LogP contribution in [0.2, 0.25) is 0 Å². The Hall–Kier alpha value is -0.920. The number of aliphatic hydroxyl groups excluding tert-OH is 1. The molecular weight excluding hydrogens is 257 g/mol. The number of aromatic nitrogens is 1. The summed E-state index contributed by atoms with van der Waals surface area (Å²) in [6, 6.07) is -0.400. The Morgan fingerprint density at radius 3 is 3.06 bits per heavy atom. The number of hydrogen-bond donors (Lipinski definition) is 1. The van der Waals surface area contributed by atoms with Crippen molar-refractivity contribution in [1.82, 2.24) is 9.88 Å². The normalized spacial score (nSPS) is 20.9. The van der Waals surface area contributed by atoms with Crippen molar-refractivity contribution in [3.8, 4) is 0 Å². The molecule has 1 aliphatic rings. The molecule has 5 nitrogen and oxygen atoms in total. The minimum atomic E-state index is -0.999. The molecule has 1 aromatic rings. The summed E-state index contributed by atoms with van der Waals surface area (Å²) in [5.41, 5.74) is 0. The van der Waals surface area contributed by atoms with Crippen LogP contribution in [0.25, 0.3) is 0 Å². The lowest BCUT2D eigenvalue weighted by Crippen LogP contribution is -2.35. The van der Waals surface area contributed by atoms with Crippen LogP contribution in [0.1, 0.15) is 0 Å². The fourth-order valence-corrected chi connectivity index (χ4v) is 2.38. The van der Waals surface area contributed by atoms with E-state index >= 15 is 0 Å². The molecule has 1 fully saturated rings. The van der Waals surface area contributed by atoms with Gasteiger partial charge in [0.05, 0.1) is 12.7 Å². The average Bonchev–Trinajstić information content (AvgIpc) is 2.74. The SMILES string of the molecule is O=C1N(CCCl)CC(O)N1c1ncc(F)s1. The summed E-state index contributed by atoms with van der Waals surface area (Å²) < 4.78 is 12.8. The molecule has 0 aromatic carbocycles. The highest BCUT2D eigenvalue weighted by molar-refractivity contribution is 7.14. The van der Waals surface area contributed by atoms with Crippen molar-refractivity contribution in [2.45, 2.75) is 6.23 Å². The van der Waals surface area contributed by atoms with Crippen LogP contribution < -0.4 is 4.90 Å². The minimum Gasteiger partial charge on any atom is -0.371 e. The predicted molar refractivity (Wildman–Crippen MR) is 58.2 cm³/mol. The summed E-state index contributed by atoms with van der Waals surface area (Å²) in [6.45, 7) is 0.508. The second-order valence-electron chi connectivity index (χ2n) is 3.22. The third kappa shape index (κ3) is 1.98. The van der Waals surface area contributed by atoms with Gasteiger partial charge in [-0.05, 0) is 0 Å². The van der Waals surface area contributed by atoms with Crippen LogP contribution in [0.4, 0.5) is 14.3 Å². The number of carbonyl (C=O) groups is 1. The summed E-state index contributed by atoms with van der Waals surface area (Å²) in [4.78, 5) is 18.0. The molecule has 0 saturated carbocycles. The van der Waals surface area contributed by atoms with E-state index in [9.17, 15) is 14.3 Å². The summed E-state index contributed by atoms with van der Waals surface area (Å²) in [6.07, 6.45) is 0.0192. The topological polar surface area (TPSA) is 56.7 Å². The molecule has 0 radical (unpaired) electrons. The zero-order valence-electron chi connectivity index (χ0n) is 8.14. The molecule has 0 aliphatic carbocycles. The molecule has 1 unspecified atom stereocenters. The Balaban J connectivity index is 2.19. The first kappa shape index (κ1) is 11.6. The molecule has 88 valence electrons. The van der Waals surface area contributed by atoms with Crippen molar-refractivity contribution in [2.24, 2.45) is 0 Å². The van der Waals surface area contributed by atoms with Gasteiger partial charge in [-0.15, -0.1) is 11.6 Å². The van der Waals surface area contributed by atoms with Crippen molar-refractivity contribution < 1.29 is 14.3 Å². The number of hydrogen-bond acceptors (Lipinski definition) is 4. The van der Waals surface area contributed by atoms with Gasteiger partial charge in [0.1, 0.15) is 0 Å². The highest BCUT2D eigenvalue weighted by Gasteiger charge is 2.38. The predicted octanol–water partition coefficient (Wildman–Crippen LogP) is 1.08. The van der Waals surface area contributed by atoms with E-state index in [1.54, 1.807) is 0 Å². The zero-order chi connectivity index (χ0) is 11.7. The molecule has 2 amide bonds. The number of alkyl halides is 1. The highest BCUT2D eigenvalue weighted by Crippen LogP contribution is 2.27. The number of carbonyl (C=O) groups excluding carboxylic acids is 1. The van der Waals surface area contributed by atoms with E-state index in [4.69, 9.17) is 11.6 Å². The molecule has 1 saturated heterocycles. The van der Waals surface area contributed by atoms with Gasteiger partial charge in [0.15, 0.2) is 16.5 Å². The van der Waals surface area contributed by atoms with Crippen LogP contribution in [0.5, 0.6) is 0 Å². The van der Waals surface area contributed by atoms with Gasteiger partial charge >= 0.3 is 6.03 Å². The molecule has 1 aromatic heterocycles. The lowest BCUT2D eigenvalue weighted by Gasteiger charge is -2.15. The van der Waals surface area contributed by atoms with Crippen molar-refractivity contribution in [3.63, 3.8) is 0 Å². The Bertz CT molecular complexity index is 402. The van der Waals surface area contributed by atoms with Crippen LogP contribution in [0.15, 0.2) is 6.20 Å². The van der Waals surface area contributed by atoms with E-state index in [2.05, 4.69) is 4.98 Å². The second-order valence-corrected chi connectivity index (χ2v) is 4.55. The maximum Gasteiger partial charge on any atom is 0.328 e. The molecule has 8 heteroatoms. The van der Waals surface area contributed by atoms with E-state index in [-0.39, 0.29) is 11.7 Å². The number of nitrogens with zero attached hydrogens (tertiary/aromatic N) is 3.